The third kappa shape index (κ3) is 4.74. The van der Waals surface area contributed by atoms with Gasteiger partial charge in [0.15, 0.2) is 6.61 Å². The number of nitrogens with one attached hydrogen (secondary N) is 1. The molecule has 4 heteroatoms. The van der Waals surface area contributed by atoms with Crippen LogP contribution in [0.15, 0.2) is 42.5 Å². The van der Waals surface area contributed by atoms with Crippen molar-refractivity contribution in [3.8, 4) is 11.5 Å². The van der Waals surface area contributed by atoms with Gasteiger partial charge in [-0.15, -0.1) is 0 Å². The SMILES string of the molecule is COc1ccc(C)cc1NC(=O)COc1ccc(C(C)C)cc1. The zero-order valence-corrected chi connectivity index (χ0v) is 14.1. The molecule has 0 aliphatic carbocycles. The highest BCUT2D eigenvalue weighted by Crippen LogP contribution is 2.25. The quantitative estimate of drug-likeness (QED) is 0.871. The normalized spacial score (nSPS) is 10.5. The smallest absolute Gasteiger partial charge is 0.262 e. The molecule has 4 nitrogen and oxygen atoms in total. The third-order valence-corrected chi connectivity index (χ3v) is 3.55. The Morgan fingerprint density at radius 3 is 2.43 bits per heavy atom. The maximum Gasteiger partial charge on any atom is 0.262 e. The molecule has 0 bridgehead atoms. The van der Waals surface area contributed by atoms with Gasteiger partial charge in [0.2, 0.25) is 0 Å². The summed E-state index contributed by atoms with van der Waals surface area (Å²) in [6.07, 6.45) is 0. The minimum Gasteiger partial charge on any atom is -0.495 e. The summed E-state index contributed by atoms with van der Waals surface area (Å²) in [6.45, 7) is 6.19. The van der Waals surface area contributed by atoms with Crippen LogP contribution >= 0.6 is 0 Å². The van der Waals surface area contributed by atoms with Crippen LogP contribution < -0.4 is 14.8 Å². The number of amides is 1. The van der Waals surface area contributed by atoms with Crippen molar-refractivity contribution in [3.63, 3.8) is 0 Å². The zero-order valence-electron chi connectivity index (χ0n) is 14.1. The lowest BCUT2D eigenvalue weighted by molar-refractivity contribution is -0.118. The minimum atomic E-state index is -0.221. The lowest BCUT2D eigenvalue weighted by Gasteiger charge is -2.12. The number of benzene rings is 2. The maximum atomic E-state index is 12.0. The molecule has 23 heavy (non-hydrogen) atoms. The Labute approximate surface area is 137 Å². The monoisotopic (exact) mass is 313 g/mol. The maximum absolute atomic E-state index is 12.0. The fraction of sp³-hybridized carbons (Fsp3) is 0.316. The fourth-order valence-electron chi connectivity index (χ4n) is 2.20. The van der Waals surface area contributed by atoms with Crippen LogP contribution in [-0.2, 0) is 4.79 Å². The van der Waals surface area contributed by atoms with Crippen LogP contribution in [-0.4, -0.2) is 19.6 Å². The number of carbonyl (C=O) groups is 1. The molecule has 0 unspecified atom stereocenters. The van der Waals surface area contributed by atoms with Crippen molar-refractivity contribution in [2.75, 3.05) is 19.0 Å². The highest BCUT2D eigenvalue weighted by atomic mass is 16.5. The van der Waals surface area contributed by atoms with Gasteiger partial charge in [0.25, 0.3) is 5.91 Å². The first-order chi connectivity index (χ1) is 11.0. The second-order valence-corrected chi connectivity index (χ2v) is 5.76. The molecular formula is C19H23NO3. The van der Waals surface area contributed by atoms with Crippen molar-refractivity contribution in [2.45, 2.75) is 26.7 Å². The summed E-state index contributed by atoms with van der Waals surface area (Å²) in [4.78, 5) is 12.0. The Kier molecular flexibility index (Phi) is 5.63. The molecule has 0 radical (unpaired) electrons. The molecule has 0 saturated carbocycles. The van der Waals surface area contributed by atoms with E-state index in [1.165, 1.54) is 5.56 Å². The highest BCUT2D eigenvalue weighted by Gasteiger charge is 2.09. The number of hydrogen-bond acceptors (Lipinski definition) is 3. The van der Waals surface area contributed by atoms with Gasteiger partial charge in [-0.1, -0.05) is 32.0 Å². The molecular weight excluding hydrogens is 290 g/mol. The fourth-order valence-corrected chi connectivity index (χ4v) is 2.20. The van der Waals surface area contributed by atoms with Crippen molar-refractivity contribution >= 4 is 11.6 Å². The second kappa shape index (κ2) is 7.68. The molecule has 0 heterocycles. The van der Waals surface area contributed by atoms with Gasteiger partial charge < -0.3 is 14.8 Å². The summed E-state index contributed by atoms with van der Waals surface area (Å²) in [5.74, 6) is 1.56. The first-order valence-corrected chi connectivity index (χ1v) is 7.67. The minimum absolute atomic E-state index is 0.0435. The topological polar surface area (TPSA) is 47.6 Å². The molecule has 0 fully saturated rings. The van der Waals surface area contributed by atoms with E-state index in [0.29, 0.717) is 23.1 Å². The van der Waals surface area contributed by atoms with Crippen LogP contribution in [0.4, 0.5) is 5.69 Å². The van der Waals surface area contributed by atoms with Crippen molar-refractivity contribution in [2.24, 2.45) is 0 Å². The van der Waals surface area contributed by atoms with E-state index in [0.717, 1.165) is 5.56 Å². The molecule has 2 rings (SSSR count). The Bertz CT molecular complexity index is 663. The first kappa shape index (κ1) is 16.9. The molecule has 2 aromatic carbocycles. The van der Waals surface area contributed by atoms with E-state index < -0.39 is 0 Å². The lowest BCUT2D eigenvalue weighted by atomic mass is 10.0. The predicted octanol–water partition coefficient (Wildman–Crippen LogP) is 4.14. The van der Waals surface area contributed by atoms with E-state index >= 15 is 0 Å². The summed E-state index contributed by atoms with van der Waals surface area (Å²) in [5.41, 5.74) is 2.94. The summed E-state index contributed by atoms with van der Waals surface area (Å²) in [6, 6.07) is 13.4. The van der Waals surface area contributed by atoms with Crippen molar-refractivity contribution in [3.05, 3.63) is 53.6 Å². The van der Waals surface area contributed by atoms with Gasteiger partial charge in [0.1, 0.15) is 11.5 Å². The van der Waals surface area contributed by atoms with Crippen LogP contribution in [0.5, 0.6) is 11.5 Å². The summed E-state index contributed by atoms with van der Waals surface area (Å²) in [5, 5.41) is 2.81. The van der Waals surface area contributed by atoms with Gasteiger partial charge in [0, 0.05) is 0 Å². The van der Waals surface area contributed by atoms with Gasteiger partial charge in [-0.25, -0.2) is 0 Å². The van der Waals surface area contributed by atoms with Gasteiger partial charge in [0.05, 0.1) is 12.8 Å². The van der Waals surface area contributed by atoms with E-state index in [1.54, 1.807) is 7.11 Å². The molecule has 0 aromatic heterocycles. The van der Waals surface area contributed by atoms with E-state index in [1.807, 2.05) is 49.4 Å². The summed E-state index contributed by atoms with van der Waals surface area (Å²) in [7, 11) is 1.58. The second-order valence-electron chi connectivity index (χ2n) is 5.76. The van der Waals surface area contributed by atoms with Crippen molar-refractivity contribution < 1.29 is 14.3 Å². The Hall–Kier alpha value is -2.49. The van der Waals surface area contributed by atoms with Crippen LogP contribution in [0.1, 0.15) is 30.9 Å². The van der Waals surface area contributed by atoms with E-state index in [2.05, 4.69) is 19.2 Å². The molecule has 0 aliphatic rings. The molecule has 2 aromatic rings. The zero-order chi connectivity index (χ0) is 16.8. The predicted molar refractivity (Wildman–Crippen MR) is 92.4 cm³/mol. The largest absolute Gasteiger partial charge is 0.495 e. The van der Waals surface area contributed by atoms with Gasteiger partial charge in [-0.2, -0.15) is 0 Å². The number of aryl methyl sites for hydroxylation is 1. The van der Waals surface area contributed by atoms with Crippen LogP contribution in [0.25, 0.3) is 0 Å². The van der Waals surface area contributed by atoms with E-state index in [4.69, 9.17) is 9.47 Å². The molecule has 0 spiro atoms. The van der Waals surface area contributed by atoms with Crippen LogP contribution in [0.2, 0.25) is 0 Å². The number of carbonyl (C=O) groups excluding carboxylic acids is 1. The lowest BCUT2D eigenvalue weighted by Crippen LogP contribution is -2.20. The molecule has 0 atom stereocenters. The van der Waals surface area contributed by atoms with E-state index in [9.17, 15) is 4.79 Å². The number of ether oxygens (including phenoxy) is 2. The van der Waals surface area contributed by atoms with E-state index in [-0.39, 0.29) is 12.5 Å². The molecule has 122 valence electrons. The Balaban J connectivity index is 1.94. The Morgan fingerprint density at radius 2 is 1.83 bits per heavy atom. The molecule has 0 saturated heterocycles. The first-order valence-electron chi connectivity index (χ1n) is 7.67. The van der Waals surface area contributed by atoms with Crippen LogP contribution in [0, 0.1) is 6.92 Å². The number of rotatable bonds is 6. The summed E-state index contributed by atoms with van der Waals surface area (Å²) < 4.78 is 10.8. The van der Waals surface area contributed by atoms with Gasteiger partial charge >= 0.3 is 0 Å². The number of methoxy groups -OCH3 is 1. The van der Waals surface area contributed by atoms with Gasteiger partial charge in [-0.3, -0.25) is 4.79 Å². The van der Waals surface area contributed by atoms with Crippen molar-refractivity contribution in [1.29, 1.82) is 0 Å². The third-order valence-electron chi connectivity index (χ3n) is 3.55. The average molecular weight is 313 g/mol. The number of anilines is 1. The number of hydrogen-bond donors (Lipinski definition) is 1. The van der Waals surface area contributed by atoms with Gasteiger partial charge in [-0.05, 0) is 48.2 Å². The molecule has 0 aliphatic heterocycles. The average Bonchev–Trinajstić information content (AvgIpc) is 2.53. The van der Waals surface area contributed by atoms with Crippen molar-refractivity contribution in [1.82, 2.24) is 0 Å². The Morgan fingerprint density at radius 1 is 1.13 bits per heavy atom. The summed E-state index contributed by atoms with van der Waals surface area (Å²) >= 11 is 0. The highest BCUT2D eigenvalue weighted by molar-refractivity contribution is 5.93. The molecule has 1 N–H and O–H groups in total. The standard InChI is InChI=1S/C19H23NO3/c1-13(2)15-6-8-16(9-7-15)23-12-19(21)20-17-11-14(3)5-10-18(17)22-4/h5-11,13H,12H2,1-4H3,(H,20,21). The van der Waals surface area contributed by atoms with Crippen LogP contribution in [0.3, 0.4) is 0 Å². The molecule has 1 amide bonds.